The van der Waals surface area contributed by atoms with Crippen molar-refractivity contribution in [2.75, 3.05) is 6.61 Å². The van der Waals surface area contributed by atoms with Crippen molar-refractivity contribution in [1.29, 1.82) is 0 Å². The maximum atomic E-state index is 11.0. The third kappa shape index (κ3) is 4.62. The second-order valence-corrected chi connectivity index (χ2v) is 3.27. The molecule has 0 amide bonds. The van der Waals surface area contributed by atoms with Gasteiger partial charge in [0.15, 0.2) is 5.78 Å². The van der Waals surface area contributed by atoms with Crippen LogP contribution in [0.4, 0.5) is 0 Å². The Morgan fingerprint density at radius 1 is 1.29 bits per heavy atom. The highest BCUT2D eigenvalue weighted by Crippen LogP contribution is 2.12. The monoisotopic (exact) mass is 238 g/mol. The van der Waals surface area contributed by atoms with Crippen LogP contribution < -0.4 is 16.2 Å². The van der Waals surface area contributed by atoms with Gasteiger partial charge in [-0.05, 0) is 31.2 Å². The molecular weight excluding hydrogens is 224 g/mol. The molecule has 0 heterocycles. The lowest BCUT2D eigenvalue weighted by Crippen LogP contribution is -2.26. The van der Waals surface area contributed by atoms with Gasteiger partial charge in [-0.25, -0.2) is 5.84 Å². The molecule has 0 radical (unpaired) electrons. The van der Waals surface area contributed by atoms with Crippen molar-refractivity contribution >= 4 is 11.8 Å². The summed E-state index contributed by atoms with van der Waals surface area (Å²) < 4.78 is 5.28. The summed E-state index contributed by atoms with van der Waals surface area (Å²) in [4.78, 5) is 26.2. The topological polar surface area (TPSA) is 90.7 Å². The summed E-state index contributed by atoms with van der Waals surface area (Å²) >= 11 is 0. The van der Waals surface area contributed by atoms with Crippen molar-refractivity contribution in [3.05, 3.63) is 29.8 Å². The molecule has 0 aliphatic carbocycles. The van der Waals surface area contributed by atoms with Gasteiger partial charge in [0.1, 0.15) is 5.75 Å². The molecule has 6 nitrogen and oxygen atoms in total. The van der Waals surface area contributed by atoms with Gasteiger partial charge in [-0.15, -0.1) is 0 Å². The third-order valence-electron chi connectivity index (χ3n) is 2.01. The summed E-state index contributed by atoms with van der Waals surface area (Å²) in [5.41, 5.74) is 2.41. The predicted molar refractivity (Wildman–Crippen MR) is 60.0 cm³/mol. The van der Waals surface area contributed by atoms with Crippen LogP contribution >= 0.6 is 0 Å². The number of ether oxygens (including phenoxy) is 1. The molecule has 17 heavy (non-hydrogen) atoms. The fraction of sp³-hybridized carbons (Fsp3) is 0.273. The number of rotatable bonds is 6. The van der Waals surface area contributed by atoms with E-state index in [9.17, 15) is 9.59 Å². The van der Waals surface area contributed by atoms with Crippen molar-refractivity contribution in [3.63, 3.8) is 0 Å². The van der Waals surface area contributed by atoms with Gasteiger partial charge in [0, 0.05) is 5.56 Å². The van der Waals surface area contributed by atoms with E-state index in [1.54, 1.807) is 29.9 Å². The summed E-state index contributed by atoms with van der Waals surface area (Å²) in [6.07, 6.45) is 0.0820. The minimum Gasteiger partial charge on any atom is -0.493 e. The van der Waals surface area contributed by atoms with E-state index in [1.807, 2.05) is 0 Å². The SMILES string of the molecule is CC(=O)c1ccc(OCCC(=O)ONN)cc1. The number of nitrogens with two attached hydrogens (primary N) is 1. The van der Waals surface area contributed by atoms with Crippen LogP contribution in [0.5, 0.6) is 5.75 Å². The number of hydrogen-bond donors (Lipinski definition) is 2. The summed E-state index contributed by atoms with van der Waals surface area (Å²) in [5, 5.41) is 0. The zero-order chi connectivity index (χ0) is 12.7. The molecule has 1 rings (SSSR count). The van der Waals surface area contributed by atoms with Gasteiger partial charge in [-0.1, -0.05) is 5.59 Å². The van der Waals surface area contributed by atoms with Gasteiger partial charge in [0.05, 0.1) is 13.0 Å². The first-order valence-corrected chi connectivity index (χ1v) is 5.02. The van der Waals surface area contributed by atoms with Crippen molar-refractivity contribution < 1.29 is 19.2 Å². The van der Waals surface area contributed by atoms with Gasteiger partial charge < -0.3 is 9.57 Å². The molecule has 0 aromatic heterocycles. The molecule has 0 aliphatic heterocycles. The smallest absolute Gasteiger partial charge is 0.329 e. The zero-order valence-electron chi connectivity index (χ0n) is 9.43. The van der Waals surface area contributed by atoms with Crippen molar-refractivity contribution in [2.24, 2.45) is 5.84 Å². The van der Waals surface area contributed by atoms with E-state index >= 15 is 0 Å². The maximum absolute atomic E-state index is 11.0. The average Bonchev–Trinajstić information content (AvgIpc) is 2.30. The highest BCUT2D eigenvalue weighted by atomic mass is 16.7. The summed E-state index contributed by atoms with van der Waals surface area (Å²) in [5.74, 6) is 4.87. The van der Waals surface area contributed by atoms with Crippen LogP contribution in [0.3, 0.4) is 0 Å². The maximum Gasteiger partial charge on any atom is 0.329 e. The molecule has 0 saturated carbocycles. The highest BCUT2D eigenvalue weighted by molar-refractivity contribution is 5.94. The normalized spacial score (nSPS) is 9.76. The van der Waals surface area contributed by atoms with Gasteiger partial charge in [0.2, 0.25) is 0 Å². The van der Waals surface area contributed by atoms with Crippen molar-refractivity contribution in [3.8, 4) is 5.75 Å². The predicted octanol–water partition coefficient (Wildman–Crippen LogP) is 0.580. The molecular formula is C11H14N2O4. The minimum absolute atomic E-state index is 0.00542. The van der Waals surface area contributed by atoms with Crippen LogP contribution in [0, 0.1) is 0 Å². The Morgan fingerprint density at radius 2 is 1.94 bits per heavy atom. The zero-order valence-corrected chi connectivity index (χ0v) is 9.43. The van der Waals surface area contributed by atoms with E-state index < -0.39 is 5.97 Å². The number of Topliss-reactive ketones (excluding diaryl/α,β-unsaturated/α-hetero) is 1. The van der Waals surface area contributed by atoms with Crippen LogP contribution in [0.15, 0.2) is 24.3 Å². The second-order valence-electron chi connectivity index (χ2n) is 3.27. The van der Waals surface area contributed by atoms with Gasteiger partial charge in [0.25, 0.3) is 0 Å². The number of hydrazine groups is 1. The van der Waals surface area contributed by atoms with Gasteiger partial charge in [-0.2, -0.15) is 0 Å². The van der Waals surface area contributed by atoms with E-state index in [4.69, 9.17) is 10.6 Å². The largest absolute Gasteiger partial charge is 0.493 e. The van der Waals surface area contributed by atoms with E-state index in [0.29, 0.717) is 11.3 Å². The number of nitrogens with one attached hydrogen (secondary N) is 1. The lowest BCUT2D eigenvalue weighted by Gasteiger charge is -2.06. The number of ketones is 1. The number of carbonyl (C=O) groups excluding carboxylic acids is 2. The summed E-state index contributed by atoms with van der Waals surface area (Å²) in [7, 11) is 0. The fourth-order valence-electron chi connectivity index (χ4n) is 1.15. The number of carbonyl (C=O) groups is 2. The fourth-order valence-corrected chi connectivity index (χ4v) is 1.15. The van der Waals surface area contributed by atoms with E-state index in [-0.39, 0.29) is 18.8 Å². The Hall–Kier alpha value is -1.92. The van der Waals surface area contributed by atoms with E-state index in [1.165, 1.54) is 6.92 Å². The molecule has 6 heteroatoms. The highest BCUT2D eigenvalue weighted by Gasteiger charge is 2.03. The lowest BCUT2D eigenvalue weighted by atomic mass is 10.1. The molecule has 1 aromatic rings. The molecule has 0 saturated heterocycles. The van der Waals surface area contributed by atoms with Crippen LogP contribution in [0.2, 0.25) is 0 Å². The molecule has 1 aromatic carbocycles. The third-order valence-corrected chi connectivity index (χ3v) is 2.01. The molecule has 0 aliphatic rings. The van der Waals surface area contributed by atoms with Crippen LogP contribution in [0.25, 0.3) is 0 Å². The van der Waals surface area contributed by atoms with Crippen LogP contribution in [-0.4, -0.2) is 18.4 Å². The Labute approximate surface area is 98.6 Å². The average molecular weight is 238 g/mol. The first kappa shape index (κ1) is 13.1. The molecule has 3 N–H and O–H groups in total. The van der Waals surface area contributed by atoms with E-state index in [2.05, 4.69) is 4.84 Å². The van der Waals surface area contributed by atoms with Crippen molar-refractivity contribution in [1.82, 2.24) is 5.59 Å². The summed E-state index contributed by atoms with van der Waals surface area (Å²) in [6, 6.07) is 6.67. The molecule has 0 fully saturated rings. The van der Waals surface area contributed by atoms with Gasteiger partial charge >= 0.3 is 5.97 Å². The molecule has 92 valence electrons. The minimum atomic E-state index is -0.507. The Balaban J connectivity index is 2.37. The quantitative estimate of drug-likeness (QED) is 0.428. The first-order valence-electron chi connectivity index (χ1n) is 5.02. The first-order chi connectivity index (χ1) is 8.13. The Bertz CT molecular complexity index is 389. The lowest BCUT2D eigenvalue weighted by molar-refractivity contribution is -0.151. The van der Waals surface area contributed by atoms with Gasteiger partial charge in [-0.3, -0.25) is 9.59 Å². The molecule has 0 unspecified atom stereocenters. The number of benzene rings is 1. The Kier molecular flexibility index (Phi) is 5.12. The summed E-state index contributed by atoms with van der Waals surface area (Å²) in [6.45, 7) is 1.67. The molecule has 0 spiro atoms. The number of hydrogen-bond acceptors (Lipinski definition) is 6. The molecule has 0 atom stereocenters. The standard InChI is InChI=1S/C11H14N2O4/c1-8(14)9-2-4-10(5-3-9)16-7-6-11(15)17-13-12/h2-5,13H,6-7,12H2,1H3. The van der Waals surface area contributed by atoms with Crippen LogP contribution in [0.1, 0.15) is 23.7 Å². The molecule has 0 bridgehead atoms. The Morgan fingerprint density at radius 3 is 2.47 bits per heavy atom. The van der Waals surface area contributed by atoms with Crippen LogP contribution in [-0.2, 0) is 9.63 Å². The second kappa shape index (κ2) is 6.62. The van der Waals surface area contributed by atoms with Crippen molar-refractivity contribution in [2.45, 2.75) is 13.3 Å². The van der Waals surface area contributed by atoms with E-state index in [0.717, 1.165) is 0 Å².